The molecule has 1 N–H and O–H groups in total. The lowest BCUT2D eigenvalue weighted by molar-refractivity contribution is 0.101. The van der Waals surface area contributed by atoms with Gasteiger partial charge < -0.3 is 10.2 Å². The molecular weight excluding hydrogens is 258 g/mol. The van der Waals surface area contributed by atoms with Gasteiger partial charge in [-0.3, -0.25) is 4.79 Å². The van der Waals surface area contributed by atoms with Crippen molar-refractivity contribution in [2.75, 3.05) is 31.5 Å². The van der Waals surface area contributed by atoms with Crippen molar-refractivity contribution >= 4 is 22.3 Å². The summed E-state index contributed by atoms with van der Waals surface area (Å²) < 4.78 is 4.27. The molecule has 4 nitrogen and oxygen atoms in total. The maximum absolute atomic E-state index is 11.6. The van der Waals surface area contributed by atoms with Crippen LogP contribution in [0.2, 0.25) is 0 Å². The van der Waals surface area contributed by atoms with Crippen molar-refractivity contribution in [1.82, 2.24) is 9.27 Å². The molecular formula is C14H23N3OS. The zero-order valence-corrected chi connectivity index (χ0v) is 12.8. The lowest BCUT2D eigenvalue weighted by Crippen LogP contribution is -2.28. The van der Waals surface area contributed by atoms with Crippen LogP contribution >= 0.6 is 11.5 Å². The van der Waals surface area contributed by atoms with Gasteiger partial charge in [-0.05, 0) is 57.2 Å². The van der Waals surface area contributed by atoms with Gasteiger partial charge in [-0.25, -0.2) is 0 Å². The molecule has 1 aliphatic rings. The molecule has 19 heavy (non-hydrogen) atoms. The summed E-state index contributed by atoms with van der Waals surface area (Å²) in [5, 5.41) is 4.33. The highest BCUT2D eigenvalue weighted by molar-refractivity contribution is 7.10. The van der Waals surface area contributed by atoms with Gasteiger partial charge in [0.1, 0.15) is 5.00 Å². The zero-order chi connectivity index (χ0) is 13.8. The van der Waals surface area contributed by atoms with E-state index in [0.717, 1.165) is 29.3 Å². The molecule has 0 aliphatic carbocycles. The number of rotatable bonds is 6. The molecule has 0 radical (unpaired) electrons. The fourth-order valence-corrected chi connectivity index (χ4v) is 3.49. The molecule has 1 saturated heterocycles. The second-order valence-electron chi connectivity index (χ2n) is 5.52. The standard InChI is InChI=1S/C14H23N3OS/c1-10(9-17-6-4-5-7-17)8-15-14-13(12(3)18)11(2)16-19-14/h10,15H,4-9H2,1-3H3. The molecule has 0 aromatic carbocycles. The lowest BCUT2D eigenvalue weighted by atomic mass is 10.1. The van der Waals surface area contributed by atoms with Gasteiger partial charge in [-0.2, -0.15) is 4.37 Å². The molecule has 1 aromatic rings. The van der Waals surface area contributed by atoms with E-state index in [2.05, 4.69) is 21.5 Å². The fraction of sp³-hybridized carbons (Fsp3) is 0.714. The fourth-order valence-electron chi connectivity index (χ4n) is 2.64. The van der Waals surface area contributed by atoms with E-state index in [-0.39, 0.29) is 5.78 Å². The monoisotopic (exact) mass is 281 g/mol. The number of nitrogens with one attached hydrogen (secondary N) is 1. The molecule has 0 saturated carbocycles. The third-order valence-corrected chi connectivity index (χ3v) is 4.49. The smallest absolute Gasteiger partial charge is 0.164 e. The Kier molecular flexibility index (Phi) is 4.93. The number of Topliss-reactive ketones (excluding diaryl/α,β-unsaturated/α-hetero) is 1. The second kappa shape index (κ2) is 6.48. The topological polar surface area (TPSA) is 45.2 Å². The minimum atomic E-state index is 0.0981. The Morgan fingerprint density at radius 2 is 2.16 bits per heavy atom. The van der Waals surface area contributed by atoms with Crippen LogP contribution in [0.3, 0.4) is 0 Å². The largest absolute Gasteiger partial charge is 0.375 e. The first-order chi connectivity index (χ1) is 9.08. The second-order valence-corrected chi connectivity index (χ2v) is 6.30. The van der Waals surface area contributed by atoms with E-state index < -0.39 is 0 Å². The predicted octanol–water partition coefficient (Wildman–Crippen LogP) is 2.80. The van der Waals surface area contributed by atoms with Gasteiger partial charge in [0.2, 0.25) is 0 Å². The van der Waals surface area contributed by atoms with Crippen LogP contribution in [0, 0.1) is 12.8 Å². The number of ketones is 1. The lowest BCUT2D eigenvalue weighted by Gasteiger charge is -2.20. The van der Waals surface area contributed by atoms with Gasteiger partial charge in [-0.1, -0.05) is 6.92 Å². The summed E-state index contributed by atoms with van der Waals surface area (Å²) in [6.45, 7) is 10.3. The Bertz CT molecular complexity index is 438. The van der Waals surface area contributed by atoms with Gasteiger partial charge in [0, 0.05) is 13.1 Å². The third-order valence-electron chi connectivity index (χ3n) is 3.59. The van der Waals surface area contributed by atoms with E-state index in [9.17, 15) is 4.79 Å². The number of carbonyl (C=O) groups is 1. The third kappa shape index (κ3) is 3.76. The van der Waals surface area contributed by atoms with Crippen LogP contribution in [-0.4, -0.2) is 41.2 Å². The van der Waals surface area contributed by atoms with Crippen molar-refractivity contribution in [3.05, 3.63) is 11.3 Å². The molecule has 0 amide bonds. The van der Waals surface area contributed by atoms with Gasteiger partial charge in [0.05, 0.1) is 11.3 Å². The first-order valence-corrected chi connectivity index (χ1v) is 7.78. The van der Waals surface area contributed by atoms with E-state index >= 15 is 0 Å². The molecule has 2 heterocycles. The van der Waals surface area contributed by atoms with Gasteiger partial charge in [0.25, 0.3) is 0 Å². The maximum atomic E-state index is 11.6. The summed E-state index contributed by atoms with van der Waals surface area (Å²) in [6, 6.07) is 0. The number of nitrogens with zero attached hydrogens (tertiary/aromatic N) is 2. The predicted molar refractivity (Wildman–Crippen MR) is 80.2 cm³/mol. The summed E-state index contributed by atoms with van der Waals surface area (Å²) in [5.41, 5.74) is 1.60. The van der Waals surface area contributed by atoms with Crippen LogP contribution < -0.4 is 5.32 Å². The molecule has 1 fully saturated rings. The van der Waals surface area contributed by atoms with E-state index in [1.54, 1.807) is 6.92 Å². The Morgan fingerprint density at radius 1 is 1.47 bits per heavy atom. The highest BCUT2D eigenvalue weighted by Gasteiger charge is 2.17. The summed E-state index contributed by atoms with van der Waals surface area (Å²) in [6.07, 6.45) is 2.67. The highest BCUT2D eigenvalue weighted by atomic mass is 32.1. The molecule has 1 unspecified atom stereocenters. The molecule has 1 atom stereocenters. The molecule has 5 heteroatoms. The highest BCUT2D eigenvalue weighted by Crippen LogP contribution is 2.25. The Balaban J connectivity index is 1.86. The van der Waals surface area contributed by atoms with Crippen molar-refractivity contribution in [1.29, 1.82) is 0 Å². The first kappa shape index (κ1) is 14.5. The van der Waals surface area contributed by atoms with Crippen molar-refractivity contribution < 1.29 is 4.79 Å². The number of likely N-dealkylation sites (tertiary alicyclic amines) is 1. The molecule has 1 aliphatic heterocycles. The van der Waals surface area contributed by atoms with Crippen LogP contribution in [0.15, 0.2) is 0 Å². The van der Waals surface area contributed by atoms with Crippen molar-refractivity contribution in [3.8, 4) is 0 Å². The Labute approximate surface area is 119 Å². The van der Waals surface area contributed by atoms with Gasteiger partial charge in [0.15, 0.2) is 5.78 Å². The molecule has 0 bridgehead atoms. The molecule has 1 aromatic heterocycles. The maximum Gasteiger partial charge on any atom is 0.164 e. The van der Waals surface area contributed by atoms with E-state index in [4.69, 9.17) is 0 Å². The molecule has 106 valence electrons. The average molecular weight is 281 g/mol. The summed E-state index contributed by atoms with van der Waals surface area (Å²) in [5.74, 6) is 0.682. The molecule has 0 spiro atoms. The van der Waals surface area contributed by atoms with Crippen LogP contribution in [0.4, 0.5) is 5.00 Å². The number of aromatic nitrogens is 1. The van der Waals surface area contributed by atoms with Gasteiger partial charge in [-0.15, -0.1) is 0 Å². The minimum Gasteiger partial charge on any atom is -0.375 e. The van der Waals surface area contributed by atoms with E-state index in [0.29, 0.717) is 5.92 Å². The average Bonchev–Trinajstić information content (AvgIpc) is 2.96. The van der Waals surface area contributed by atoms with Crippen LogP contribution in [0.1, 0.15) is 42.7 Å². The quantitative estimate of drug-likeness (QED) is 0.814. The van der Waals surface area contributed by atoms with Crippen molar-refractivity contribution in [2.24, 2.45) is 5.92 Å². The zero-order valence-electron chi connectivity index (χ0n) is 12.0. The number of aryl methyl sites for hydroxylation is 1. The normalized spacial score (nSPS) is 17.6. The van der Waals surface area contributed by atoms with Crippen LogP contribution in [-0.2, 0) is 0 Å². The number of hydrogen-bond acceptors (Lipinski definition) is 5. The summed E-state index contributed by atoms with van der Waals surface area (Å²) in [7, 11) is 0. The van der Waals surface area contributed by atoms with Crippen molar-refractivity contribution in [3.63, 3.8) is 0 Å². The van der Waals surface area contributed by atoms with E-state index in [1.807, 2.05) is 6.92 Å². The van der Waals surface area contributed by atoms with E-state index in [1.165, 1.54) is 37.5 Å². The number of carbonyl (C=O) groups excluding carboxylic acids is 1. The SMILES string of the molecule is CC(=O)c1c(C)nsc1NCC(C)CN1CCCC1. The first-order valence-electron chi connectivity index (χ1n) is 7.01. The summed E-state index contributed by atoms with van der Waals surface area (Å²) >= 11 is 1.39. The van der Waals surface area contributed by atoms with Gasteiger partial charge >= 0.3 is 0 Å². The number of hydrogen-bond donors (Lipinski definition) is 1. The Hall–Kier alpha value is -0.940. The summed E-state index contributed by atoms with van der Waals surface area (Å²) in [4.78, 5) is 14.1. The van der Waals surface area contributed by atoms with Crippen LogP contribution in [0.5, 0.6) is 0 Å². The Morgan fingerprint density at radius 3 is 2.79 bits per heavy atom. The molecule has 2 rings (SSSR count). The van der Waals surface area contributed by atoms with Crippen LogP contribution in [0.25, 0.3) is 0 Å². The minimum absolute atomic E-state index is 0.0981. The number of anilines is 1. The van der Waals surface area contributed by atoms with Crippen molar-refractivity contribution in [2.45, 2.75) is 33.6 Å².